The highest BCUT2D eigenvalue weighted by atomic mass is 16.7. The van der Waals surface area contributed by atoms with E-state index in [1.165, 1.54) is 0 Å². The maximum Gasteiger partial charge on any atom is 0.259 e. The molecule has 2 fully saturated rings. The quantitative estimate of drug-likeness (QED) is 0.845. The molecule has 2 aliphatic heterocycles. The molecule has 7 heteroatoms. The molecule has 2 amide bonds. The van der Waals surface area contributed by atoms with Crippen molar-refractivity contribution in [1.29, 1.82) is 0 Å². The highest BCUT2D eigenvalue weighted by Crippen LogP contribution is 2.47. The Bertz CT molecular complexity index is 854. The normalized spacial score (nSPS) is 24.4. The summed E-state index contributed by atoms with van der Waals surface area (Å²) in [6.07, 6.45) is -0.862. The molecule has 3 atom stereocenters. The van der Waals surface area contributed by atoms with Gasteiger partial charge in [-0.15, -0.1) is 0 Å². The number of rotatable bonds is 4. The number of anilines is 1. The Morgan fingerprint density at radius 2 is 1.77 bits per heavy atom. The largest absolute Gasteiger partial charge is 0.497 e. The van der Waals surface area contributed by atoms with Crippen LogP contribution in [0.2, 0.25) is 0 Å². The van der Waals surface area contributed by atoms with Crippen LogP contribution < -0.4 is 19.9 Å². The topological polar surface area (TPSA) is 77.1 Å². The van der Waals surface area contributed by atoms with Crippen molar-refractivity contribution in [3.05, 3.63) is 54.1 Å². The highest BCUT2D eigenvalue weighted by molar-refractivity contribution is 6.07. The van der Waals surface area contributed by atoms with Gasteiger partial charge in [-0.3, -0.25) is 19.7 Å². The highest BCUT2D eigenvalue weighted by Gasteiger charge is 2.57. The van der Waals surface area contributed by atoms with E-state index in [1.54, 1.807) is 31.4 Å². The van der Waals surface area contributed by atoms with Crippen LogP contribution in [-0.2, 0) is 14.4 Å². The van der Waals surface area contributed by atoms with Crippen molar-refractivity contribution in [3.8, 4) is 11.5 Å². The molecule has 2 aromatic carbocycles. The van der Waals surface area contributed by atoms with Gasteiger partial charge in [0, 0.05) is 11.6 Å². The number of hydrogen-bond acceptors (Lipinski definition) is 6. The van der Waals surface area contributed by atoms with Gasteiger partial charge in [-0.2, -0.15) is 0 Å². The van der Waals surface area contributed by atoms with Gasteiger partial charge in [0.15, 0.2) is 6.10 Å². The smallest absolute Gasteiger partial charge is 0.259 e. The van der Waals surface area contributed by atoms with Crippen LogP contribution in [0.4, 0.5) is 5.69 Å². The van der Waals surface area contributed by atoms with Crippen LogP contribution in [0.5, 0.6) is 11.5 Å². The van der Waals surface area contributed by atoms with Crippen LogP contribution in [0.25, 0.3) is 0 Å². The third-order valence-corrected chi connectivity index (χ3v) is 4.72. The Kier molecular flexibility index (Phi) is 4.00. The molecule has 0 bridgehead atoms. The third kappa shape index (κ3) is 2.48. The summed E-state index contributed by atoms with van der Waals surface area (Å²) < 4.78 is 10.8. The van der Waals surface area contributed by atoms with E-state index in [4.69, 9.17) is 14.3 Å². The van der Waals surface area contributed by atoms with Gasteiger partial charge in [0.25, 0.3) is 5.91 Å². The zero-order valence-corrected chi connectivity index (χ0v) is 14.3. The Balaban J connectivity index is 1.84. The van der Waals surface area contributed by atoms with Crippen molar-refractivity contribution in [3.63, 3.8) is 0 Å². The maximum atomic E-state index is 12.4. The second-order valence-corrected chi connectivity index (χ2v) is 6.12. The summed E-state index contributed by atoms with van der Waals surface area (Å²) in [6, 6.07) is 14.2. The van der Waals surface area contributed by atoms with Crippen molar-refractivity contribution in [2.75, 3.05) is 19.3 Å². The minimum Gasteiger partial charge on any atom is -0.497 e. The van der Waals surface area contributed by atoms with Gasteiger partial charge in [0.2, 0.25) is 5.91 Å². The lowest BCUT2D eigenvalue weighted by atomic mass is 9.90. The summed E-state index contributed by atoms with van der Waals surface area (Å²) in [4.78, 5) is 30.5. The standard InChI is InChI=1S/C19H18N2O5/c1-24-12-8-9-13(14(10-12)25-2)16-15-17(19(23)20-18(15)22)26-21(16)11-6-4-3-5-7-11/h3-10,15-17H,1-2H3,(H,20,22,23)/t15-,16-,17+/m1/s1. The van der Waals surface area contributed by atoms with E-state index >= 15 is 0 Å². The Morgan fingerprint density at radius 3 is 2.46 bits per heavy atom. The summed E-state index contributed by atoms with van der Waals surface area (Å²) in [6.45, 7) is 0. The number of para-hydroxylation sites is 1. The minimum absolute atomic E-state index is 0.346. The molecule has 0 unspecified atom stereocenters. The number of carbonyl (C=O) groups is 2. The first-order valence-electron chi connectivity index (χ1n) is 8.21. The minimum atomic E-state index is -0.862. The van der Waals surface area contributed by atoms with Crippen LogP contribution in [0.1, 0.15) is 11.6 Å². The van der Waals surface area contributed by atoms with E-state index in [0.717, 1.165) is 11.3 Å². The number of fused-ring (bicyclic) bond motifs is 1. The first-order valence-corrected chi connectivity index (χ1v) is 8.21. The lowest BCUT2D eigenvalue weighted by Crippen LogP contribution is -2.33. The van der Waals surface area contributed by atoms with Crippen LogP contribution in [0.15, 0.2) is 48.5 Å². The van der Waals surface area contributed by atoms with E-state index in [2.05, 4.69) is 5.32 Å². The number of amides is 2. The number of carbonyl (C=O) groups excluding carboxylic acids is 2. The molecule has 0 aliphatic carbocycles. The second kappa shape index (κ2) is 6.34. The molecular formula is C19H18N2O5. The molecule has 7 nitrogen and oxygen atoms in total. The number of hydrogen-bond donors (Lipinski definition) is 1. The molecule has 0 aromatic heterocycles. The molecule has 2 saturated heterocycles. The van der Waals surface area contributed by atoms with E-state index in [-0.39, 0.29) is 5.91 Å². The van der Waals surface area contributed by atoms with Gasteiger partial charge in [-0.1, -0.05) is 18.2 Å². The van der Waals surface area contributed by atoms with Crippen LogP contribution in [0, 0.1) is 5.92 Å². The predicted molar refractivity (Wildman–Crippen MR) is 92.7 cm³/mol. The van der Waals surface area contributed by atoms with E-state index in [0.29, 0.717) is 11.5 Å². The zero-order valence-electron chi connectivity index (χ0n) is 14.3. The first kappa shape index (κ1) is 16.4. The average Bonchev–Trinajstić information content (AvgIpc) is 3.20. The predicted octanol–water partition coefficient (Wildman–Crippen LogP) is 1.84. The van der Waals surface area contributed by atoms with Gasteiger partial charge in [0.1, 0.15) is 17.4 Å². The monoisotopic (exact) mass is 354 g/mol. The van der Waals surface area contributed by atoms with E-state index in [1.807, 2.05) is 36.4 Å². The molecule has 2 heterocycles. The maximum absolute atomic E-state index is 12.4. The molecular weight excluding hydrogens is 336 g/mol. The second-order valence-electron chi connectivity index (χ2n) is 6.12. The van der Waals surface area contributed by atoms with Gasteiger partial charge in [0.05, 0.1) is 25.9 Å². The summed E-state index contributed by atoms with van der Waals surface area (Å²) in [7, 11) is 3.13. The summed E-state index contributed by atoms with van der Waals surface area (Å²) in [5.74, 6) is -0.229. The Labute approximate surface area is 150 Å². The number of nitrogens with one attached hydrogen (secondary N) is 1. The average molecular weight is 354 g/mol. The van der Waals surface area contributed by atoms with Crippen molar-refractivity contribution in [2.24, 2.45) is 5.92 Å². The fourth-order valence-corrected chi connectivity index (χ4v) is 3.51. The summed E-state index contributed by atoms with van der Waals surface area (Å²) in [5, 5.41) is 3.98. The number of benzene rings is 2. The Morgan fingerprint density at radius 1 is 1.00 bits per heavy atom. The number of hydroxylamine groups is 1. The van der Waals surface area contributed by atoms with Crippen molar-refractivity contribution >= 4 is 17.5 Å². The lowest BCUT2D eigenvalue weighted by molar-refractivity contribution is -0.129. The third-order valence-electron chi connectivity index (χ3n) is 4.72. The van der Waals surface area contributed by atoms with Crippen LogP contribution in [-0.4, -0.2) is 32.1 Å². The molecule has 0 radical (unpaired) electrons. The molecule has 2 aliphatic rings. The van der Waals surface area contributed by atoms with Crippen molar-refractivity contribution in [2.45, 2.75) is 12.1 Å². The Hall–Kier alpha value is -3.06. The molecule has 26 heavy (non-hydrogen) atoms. The summed E-state index contributed by atoms with van der Waals surface area (Å²) >= 11 is 0. The van der Waals surface area contributed by atoms with Gasteiger partial charge in [-0.05, 0) is 24.3 Å². The number of ether oxygens (including phenoxy) is 2. The van der Waals surface area contributed by atoms with Crippen LogP contribution >= 0.6 is 0 Å². The number of methoxy groups -OCH3 is 2. The van der Waals surface area contributed by atoms with Crippen molar-refractivity contribution in [1.82, 2.24) is 5.32 Å². The molecule has 0 saturated carbocycles. The van der Waals surface area contributed by atoms with E-state index < -0.39 is 24.0 Å². The van der Waals surface area contributed by atoms with E-state index in [9.17, 15) is 9.59 Å². The molecule has 2 aromatic rings. The summed E-state index contributed by atoms with van der Waals surface area (Å²) in [5.41, 5.74) is 1.50. The molecule has 0 spiro atoms. The molecule has 1 N–H and O–H groups in total. The zero-order chi connectivity index (χ0) is 18.3. The molecule has 134 valence electrons. The number of nitrogens with zero attached hydrogens (tertiary/aromatic N) is 1. The van der Waals surface area contributed by atoms with Gasteiger partial charge < -0.3 is 9.47 Å². The van der Waals surface area contributed by atoms with Gasteiger partial charge in [-0.25, -0.2) is 5.06 Å². The fourth-order valence-electron chi connectivity index (χ4n) is 3.51. The van der Waals surface area contributed by atoms with Crippen LogP contribution in [0.3, 0.4) is 0 Å². The molecule has 4 rings (SSSR count). The first-order chi connectivity index (χ1) is 12.6. The fraction of sp³-hybridized carbons (Fsp3) is 0.263. The van der Waals surface area contributed by atoms with Gasteiger partial charge >= 0.3 is 0 Å². The number of imide groups is 1. The van der Waals surface area contributed by atoms with Crippen molar-refractivity contribution < 1.29 is 23.9 Å². The SMILES string of the molecule is COc1ccc([C@@H]2[C@H]3C(=O)NC(=O)[C@H]3ON2c2ccccc2)c(OC)c1. The lowest BCUT2D eigenvalue weighted by Gasteiger charge is -2.28.